The van der Waals surface area contributed by atoms with E-state index in [1.807, 2.05) is 0 Å². The molecule has 0 fully saturated rings. The van der Waals surface area contributed by atoms with Crippen LogP contribution in [0.5, 0.6) is 0 Å². The van der Waals surface area contributed by atoms with Crippen molar-refractivity contribution in [1.29, 1.82) is 0 Å². The maximum atomic E-state index is 11.7. The molecule has 0 saturated carbocycles. The van der Waals surface area contributed by atoms with Gasteiger partial charge in [-0.25, -0.2) is 0 Å². The van der Waals surface area contributed by atoms with Crippen LogP contribution in [0.2, 0.25) is 0 Å². The smallest absolute Gasteiger partial charge is 0.389 e. The van der Waals surface area contributed by atoms with Crippen molar-refractivity contribution < 1.29 is 27.4 Å². The molecule has 0 rings (SSSR count). The summed E-state index contributed by atoms with van der Waals surface area (Å²) >= 11 is 0. The summed E-state index contributed by atoms with van der Waals surface area (Å²) in [6.45, 7) is 0.355. The summed E-state index contributed by atoms with van der Waals surface area (Å²) in [5.74, 6) is -0.339. The zero-order valence-corrected chi connectivity index (χ0v) is 8.60. The molecule has 0 bridgehead atoms. The van der Waals surface area contributed by atoms with Gasteiger partial charge in [-0.1, -0.05) is 0 Å². The lowest BCUT2D eigenvalue weighted by Gasteiger charge is -2.06. The first-order valence-corrected chi connectivity index (χ1v) is 4.67. The van der Waals surface area contributed by atoms with Crippen LogP contribution in [0, 0.1) is 0 Å². The Bertz CT molecular complexity index is 180. The van der Waals surface area contributed by atoms with Gasteiger partial charge in [0.05, 0.1) is 7.11 Å². The van der Waals surface area contributed by atoms with E-state index in [1.165, 1.54) is 7.11 Å². The number of methoxy groups -OCH3 is 1. The van der Waals surface area contributed by atoms with E-state index in [-0.39, 0.29) is 32.0 Å². The first-order chi connectivity index (χ1) is 6.95. The van der Waals surface area contributed by atoms with Crippen molar-refractivity contribution in [1.82, 2.24) is 0 Å². The zero-order valence-electron chi connectivity index (χ0n) is 8.60. The molecule has 90 valence electrons. The Balaban J connectivity index is 3.16. The second-order valence-electron chi connectivity index (χ2n) is 3.01. The molecule has 0 atom stereocenters. The van der Waals surface area contributed by atoms with Gasteiger partial charge in [0.1, 0.15) is 0 Å². The van der Waals surface area contributed by atoms with E-state index >= 15 is 0 Å². The highest BCUT2D eigenvalue weighted by Crippen LogP contribution is 2.20. The minimum absolute atomic E-state index is 0.0400. The van der Waals surface area contributed by atoms with Crippen molar-refractivity contribution in [3.8, 4) is 0 Å². The molecular weight excluding hydrogens is 213 g/mol. The molecule has 0 saturated heterocycles. The fourth-order valence-corrected chi connectivity index (χ4v) is 0.897. The topological polar surface area (TPSA) is 35.5 Å². The van der Waals surface area contributed by atoms with Crippen LogP contribution < -0.4 is 0 Å². The average molecular weight is 228 g/mol. The van der Waals surface area contributed by atoms with Crippen molar-refractivity contribution in [2.45, 2.75) is 31.9 Å². The highest BCUT2D eigenvalue weighted by atomic mass is 19.4. The summed E-state index contributed by atoms with van der Waals surface area (Å²) in [6.07, 6.45) is -4.28. The van der Waals surface area contributed by atoms with Crippen LogP contribution in [-0.2, 0) is 14.3 Å². The lowest BCUT2D eigenvalue weighted by Crippen LogP contribution is -2.09. The largest absolute Gasteiger partial charge is 0.469 e. The minimum Gasteiger partial charge on any atom is -0.469 e. The maximum absolute atomic E-state index is 11.7. The fraction of sp³-hybridized carbons (Fsp3) is 0.889. The standard InChI is InChI=1S/C9H15F3O3/c1-14-8(13)4-2-6-15-7-3-5-9(10,11)12/h2-7H2,1H3. The first-order valence-electron chi connectivity index (χ1n) is 4.67. The highest BCUT2D eigenvalue weighted by molar-refractivity contribution is 5.68. The normalized spacial score (nSPS) is 11.5. The lowest BCUT2D eigenvalue weighted by molar-refractivity contribution is -0.141. The van der Waals surface area contributed by atoms with Crippen molar-refractivity contribution in [3.05, 3.63) is 0 Å². The molecule has 0 aliphatic rings. The van der Waals surface area contributed by atoms with Crippen LogP contribution >= 0.6 is 0 Å². The number of ether oxygens (including phenoxy) is 2. The van der Waals surface area contributed by atoms with E-state index in [4.69, 9.17) is 4.74 Å². The molecule has 0 N–H and O–H groups in total. The second-order valence-corrected chi connectivity index (χ2v) is 3.01. The molecule has 0 aliphatic heterocycles. The van der Waals surface area contributed by atoms with Crippen LogP contribution in [-0.4, -0.2) is 32.5 Å². The Kier molecular flexibility index (Phi) is 7.11. The number of hydrogen-bond acceptors (Lipinski definition) is 3. The summed E-state index contributed by atoms with van der Waals surface area (Å²) in [4.78, 5) is 10.6. The van der Waals surface area contributed by atoms with E-state index in [0.29, 0.717) is 6.42 Å². The van der Waals surface area contributed by atoms with Crippen LogP contribution in [0.1, 0.15) is 25.7 Å². The monoisotopic (exact) mass is 228 g/mol. The van der Waals surface area contributed by atoms with Gasteiger partial charge in [0.2, 0.25) is 0 Å². The second kappa shape index (κ2) is 7.50. The molecule has 0 spiro atoms. The summed E-state index contributed by atoms with van der Waals surface area (Å²) in [5, 5.41) is 0. The van der Waals surface area contributed by atoms with Gasteiger partial charge in [-0.05, 0) is 12.8 Å². The van der Waals surface area contributed by atoms with Crippen molar-refractivity contribution in [2.75, 3.05) is 20.3 Å². The van der Waals surface area contributed by atoms with Gasteiger partial charge in [-0.15, -0.1) is 0 Å². The molecule has 15 heavy (non-hydrogen) atoms. The highest BCUT2D eigenvalue weighted by Gasteiger charge is 2.25. The minimum atomic E-state index is -4.12. The first kappa shape index (κ1) is 14.2. The summed E-state index contributed by atoms with van der Waals surface area (Å²) in [6, 6.07) is 0. The summed E-state index contributed by atoms with van der Waals surface area (Å²) in [5.41, 5.74) is 0. The van der Waals surface area contributed by atoms with Gasteiger partial charge in [0.15, 0.2) is 0 Å². The fourth-order valence-electron chi connectivity index (χ4n) is 0.897. The Morgan fingerprint density at radius 2 is 1.80 bits per heavy atom. The third kappa shape index (κ3) is 11.1. The van der Waals surface area contributed by atoms with Gasteiger partial charge >= 0.3 is 12.1 Å². The van der Waals surface area contributed by atoms with Gasteiger partial charge in [0, 0.05) is 26.1 Å². The summed E-state index contributed by atoms with van der Waals surface area (Å²) < 4.78 is 44.3. The van der Waals surface area contributed by atoms with Crippen LogP contribution in [0.15, 0.2) is 0 Å². The number of hydrogen-bond donors (Lipinski definition) is 0. The third-order valence-electron chi connectivity index (χ3n) is 1.65. The van der Waals surface area contributed by atoms with Crippen molar-refractivity contribution in [3.63, 3.8) is 0 Å². The SMILES string of the molecule is COC(=O)CCCOCCCC(F)(F)F. The molecule has 0 aromatic carbocycles. The number of alkyl halides is 3. The van der Waals surface area contributed by atoms with E-state index in [2.05, 4.69) is 4.74 Å². The Labute approximate surface area is 86.5 Å². The number of carbonyl (C=O) groups is 1. The van der Waals surface area contributed by atoms with Crippen molar-refractivity contribution in [2.24, 2.45) is 0 Å². The molecule has 0 aromatic rings. The number of carbonyl (C=O) groups excluding carboxylic acids is 1. The lowest BCUT2D eigenvalue weighted by atomic mass is 10.3. The van der Waals surface area contributed by atoms with E-state index in [0.717, 1.165) is 0 Å². The Morgan fingerprint density at radius 3 is 2.33 bits per heavy atom. The number of halogens is 3. The van der Waals surface area contributed by atoms with E-state index < -0.39 is 12.6 Å². The maximum Gasteiger partial charge on any atom is 0.389 e. The van der Waals surface area contributed by atoms with Crippen LogP contribution in [0.3, 0.4) is 0 Å². The Morgan fingerprint density at radius 1 is 1.20 bits per heavy atom. The predicted octanol–water partition coefficient (Wildman–Crippen LogP) is 2.30. The van der Waals surface area contributed by atoms with Gasteiger partial charge in [0.25, 0.3) is 0 Å². The molecule has 0 amide bonds. The van der Waals surface area contributed by atoms with E-state index in [1.54, 1.807) is 0 Å². The number of esters is 1. The average Bonchev–Trinajstić information content (AvgIpc) is 2.14. The predicted molar refractivity (Wildman–Crippen MR) is 47.4 cm³/mol. The molecule has 0 heterocycles. The van der Waals surface area contributed by atoms with Gasteiger partial charge in [-0.3, -0.25) is 4.79 Å². The number of rotatable bonds is 7. The molecule has 3 nitrogen and oxygen atoms in total. The van der Waals surface area contributed by atoms with Crippen molar-refractivity contribution >= 4 is 5.97 Å². The van der Waals surface area contributed by atoms with Gasteiger partial charge in [-0.2, -0.15) is 13.2 Å². The van der Waals surface area contributed by atoms with Gasteiger partial charge < -0.3 is 9.47 Å². The van der Waals surface area contributed by atoms with E-state index in [9.17, 15) is 18.0 Å². The molecule has 0 radical (unpaired) electrons. The zero-order chi connectivity index (χ0) is 11.7. The van der Waals surface area contributed by atoms with Crippen LogP contribution in [0.25, 0.3) is 0 Å². The molecule has 6 heteroatoms. The molecular formula is C9H15F3O3. The summed E-state index contributed by atoms with van der Waals surface area (Å²) in [7, 11) is 1.28. The van der Waals surface area contributed by atoms with Crippen LogP contribution in [0.4, 0.5) is 13.2 Å². The Hall–Kier alpha value is -0.780. The molecule has 0 unspecified atom stereocenters. The molecule has 0 aromatic heterocycles. The third-order valence-corrected chi connectivity index (χ3v) is 1.65. The molecule has 0 aliphatic carbocycles. The quantitative estimate of drug-likeness (QED) is 0.495.